The fourth-order valence-corrected chi connectivity index (χ4v) is 2.17. The summed E-state index contributed by atoms with van der Waals surface area (Å²) in [7, 11) is 0. The first-order chi connectivity index (χ1) is 6.81. The van der Waals surface area contributed by atoms with E-state index in [9.17, 15) is 0 Å². The Morgan fingerprint density at radius 2 is 2.00 bits per heavy atom. The van der Waals surface area contributed by atoms with Gasteiger partial charge in [-0.15, -0.1) is 0 Å². The van der Waals surface area contributed by atoms with E-state index in [0.29, 0.717) is 16.9 Å². The van der Waals surface area contributed by atoms with Gasteiger partial charge in [-0.25, -0.2) is 0 Å². The second kappa shape index (κ2) is 4.84. The molecule has 0 bridgehead atoms. The van der Waals surface area contributed by atoms with Crippen molar-refractivity contribution in [1.29, 1.82) is 0 Å². The molecule has 1 unspecified atom stereocenters. The van der Waals surface area contributed by atoms with E-state index in [-0.39, 0.29) is 0 Å². The molecule has 1 rings (SSSR count). The van der Waals surface area contributed by atoms with Gasteiger partial charge in [0.25, 0.3) is 0 Å². The van der Waals surface area contributed by atoms with Crippen LogP contribution >= 0.6 is 0 Å². The first kappa shape index (κ1) is 13.0. The van der Waals surface area contributed by atoms with Crippen LogP contribution in [0.3, 0.4) is 0 Å². The lowest BCUT2D eigenvalue weighted by Gasteiger charge is -2.40. The van der Waals surface area contributed by atoms with Gasteiger partial charge in [0.1, 0.15) is 0 Å². The van der Waals surface area contributed by atoms with Crippen LogP contribution in [0.1, 0.15) is 47.5 Å². The maximum Gasteiger partial charge on any atom is 0.0142 e. The van der Waals surface area contributed by atoms with Crippen molar-refractivity contribution in [2.45, 2.75) is 53.5 Å². The molecule has 1 aliphatic rings. The van der Waals surface area contributed by atoms with E-state index in [1.807, 2.05) is 0 Å². The third-order valence-corrected chi connectivity index (χ3v) is 3.40. The van der Waals surface area contributed by atoms with Gasteiger partial charge in [-0.2, -0.15) is 0 Å². The van der Waals surface area contributed by atoms with Crippen LogP contribution in [0.4, 0.5) is 0 Å². The van der Waals surface area contributed by atoms with E-state index in [4.69, 9.17) is 0 Å². The molecule has 1 heterocycles. The zero-order valence-electron chi connectivity index (χ0n) is 11.1. The molecule has 2 nitrogen and oxygen atoms in total. The predicted molar refractivity (Wildman–Crippen MR) is 67.1 cm³/mol. The van der Waals surface area contributed by atoms with Crippen LogP contribution in [-0.2, 0) is 0 Å². The molecule has 0 aromatic carbocycles. The number of rotatable bonds is 3. The number of piperidine rings is 1. The molecular weight excluding hydrogens is 184 g/mol. The van der Waals surface area contributed by atoms with Crippen molar-refractivity contribution >= 4 is 0 Å². The van der Waals surface area contributed by atoms with Crippen molar-refractivity contribution in [2.75, 3.05) is 19.6 Å². The summed E-state index contributed by atoms with van der Waals surface area (Å²) in [4.78, 5) is 0. The lowest BCUT2D eigenvalue weighted by molar-refractivity contribution is 0.180. The third kappa shape index (κ3) is 4.52. The van der Waals surface area contributed by atoms with Crippen molar-refractivity contribution in [1.82, 2.24) is 10.6 Å². The van der Waals surface area contributed by atoms with Gasteiger partial charge in [0, 0.05) is 12.6 Å². The molecule has 0 spiro atoms. The van der Waals surface area contributed by atoms with E-state index in [1.165, 1.54) is 12.8 Å². The quantitative estimate of drug-likeness (QED) is 0.750. The van der Waals surface area contributed by atoms with E-state index >= 15 is 0 Å². The Labute approximate surface area is 95.2 Å². The zero-order chi connectivity index (χ0) is 11.5. The van der Waals surface area contributed by atoms with E-state index in [2.05, 4.69) is 45.3 Å². The van der Waals surface area contributed by atoms with Crippen molar-refractivity contribution in [3.63, 3.8) is 0 Å². The van der Waals surface area contributed by atoms with E-state index in [0.717, 1.165) is 19.6 Å². The van der Waals surface area contributed by atoms with Crippen LogP contribution in [-0.4, -0.2) is 25.7 Å². The Kier molecular flexibility index (Phi) is 4.19. The molecule has 2 heteroatoms. The fraction of sp³-hybridized carbons (Fsp3) is 1.00. The molecule has 90 valence electrons. The van der Waals surface area contributed by atoms with Crippen molar-refractivity contribution < 1.29 is 0 Å². The molecule has 0 aromatic rings. The highest BCUT2D eigenvalue weighted by Gasteiger charge is 2.31. The Balaban J connectivity index is 2.31. The molecule has 1 atom stereocenters. The summed E-state index contributed by atoms with van der Waals surface area (Å²) in [5, 5.41) is 7.20. The summed E-state index contributed by atoms with van der Waals surface area (Å²) in [6, 6.07) is 0.682. The summed E-state index contributed by atoms with van der Waals surface area (Å²) >= 11 is 0. The van der Waals surface area contributed by atoms with Gasteiger partial charge in [0.2, 0.25) is 0 Å². The average Bonchev–Trinajstić information content (AvgIpc) is 2.05. The standard InChI is InChI=1S/C13H28N2/c1-12(2,3)7-9-15-11-6-8-14-10-13(11,4)5/h11,14-15H,6-10H2,1-5H3. The van der Waals surface area contributed by atoms with Gasteiger partial charge in [-0.1, -0.05) is 34.6 Å². The van der Waals surface area contributed by atoms with Crippen LogP contribution in [0.2, 0.25) is 0 Å². The van der Waals surface area contributed by atoms with Crippen molar-refractivity contribution in [3.8, 4) is 0 Å². The monoisotopic (exact) mass is 212 g/mol. The average molecular weight is 212 g/mol. The maximum absolute atomic E-state index is 3.73. The van der Waals surface area contributed by atoms with Gasteiger partial charge in [-0.3, -0.25) is 0 Å². The molecule has 1 fully saturated rings. The van der Waals surface area contributed by atoms with Gasteiger partial charge in [0.05, 0.1) is 0 Å². The molecular formula is C13H28N2. The number of hydrogen-bond acceptors (Lipinski definition) is 2. The minimum absolute atomic E-state index is 0.399. The lowest BCUT2D eigenvalue weighted by Crippen LogP contribution is -2.53. The molecule has 0 aliphatic carbocycles. The van der Waals surface area contributed by atoms with Gasteiger partial charge in [-0.05, 0) is 36.8 Å². The molecule has 1 saturated heterocycles. The second-order valence-electron chi connectivity index (χ2n) is 6.77. The molecule has 0 saturated carbocycles. The molecule has 15 heavy (non-hydrogen) atoms. The molecule has 0 radical (unpaired) electrons. The second-order valence-corrected chi connectivity index (χ2v) is 6.77. The highest BCUT2D eigenvalue weighted by atomic mass is 15.0. The minimum Gasteiger partial charge on any atom is -0.316 e. The summed E-state index contributed by atoms with van der Waals surface area (Å²) in [5.41, 5.74) is 0.847. The number of nitrogens with one attached hydrogen (secondary N) is 2. The lowest BCUT2D eigenvalue weighted by atomic mass is 9.79. The first-order valence-corrected chi connectivity index (χ1v) is 6.25. The van der Waals surface area contributed by atoms with Gasteiger partial charge in [0.15, 0.2) is 0 Å². The van der Waals surface area contributed by atoms with Crippen LogP contribution < -0.4 is 10.6 Å². The zero-order valence-corrected chi connectivity index (χ0v) is 11.1. The summed E-state index contributed by atoms with van der Waals surface area (Å²) < 4.78 is 0. The SMILES string of the molecule is CC(C)(C)CCNC1CCNCC1(C)C. The van der Waals surface area contributed by atoms with E-state index < -0.39 is 0 Å². The summed E-state index contributed by atoms with van der Waals surface area (Å²) in [6.45, 7) is 15.1. The van der Waals surface area contributed by atoms with Crippen molar-refractivity contribution in [3.05, 3.63) is 0 Å². The van der Waals surface area contributed by atoms with Crippen LogP contribution in [0.25, 0.3) is 0 Å². The Hall–Kier alpha value is -0.0800. The highest BCUT2D eigenvalue weighted by Crippen LogP contribution is 2.25. The Morgan fingerprint density at radius 3 is 2.53 bits per heavy atom. The summed E-state index contributed by atoms with van der Waals surface area (Å²) in [6.07, 6.45) is 2.52. The van der Waals surface area contributed by atoms with Gasteiger partial charge >= 0.3 is 0 Å². The van der Waals surface area contributed by atoms with Crippen LogP contribution in [0.15, 0.2) is 0 Å². The van der Waals surface area contributed by atoms with Crippen molar-refractivity contribution in [2.24, 2.45) is 10.8 Å². The highest BCUT2D eigenvalue weighted by molar-refractivity contribution is 4.90. The summed E-state index contributed by atoms with van der Waals surface area (Å²) in [5.74, 6) is 0. The fourth-order valence-electron chi connectivity index (χ4n) is 2.17. The normalized spacial score (nSPS) is 26.6. The van der Waals surface area contributed by atoms with Crippen LogP contribution in [0, 0.1) is 10.8 Å². The smallest absolute Gasteiger partial charge is 0.0142 e. The molecule has 0 amide bonds. The maximum atomic E-state index is 3.73. The topological polar surface area (TPSA) is 24.1 Å². The third-order valence-electron chi connectivity index (χ3n) is 3.40. The molecule has 2 N–H and O–H groups in total. The Morgan fingerprint density at radius 1 is 1.33 bits per heavy atom. The van der Waals surface area contributed by atoms with Gasteiger partial charge < -0.3 is 10.6 Å². The minimum atomic E-state index is 0.399. The van der Waals surface area contributed by atoms with Crippen LogP contribution in [0.5, 0.6) is 0 Å². The largest absolute Gasteiger partial charge is 0.316 e. The first-order valence-electron chi connectivity index (χ1n) is 6.25. The Bertz CT molecular complexity index is 191. The van der Waals surface area contributed by atoms with E-state index in [1.54, 1.807) is 0 Å². The molecule has 0 aromatic heterocycles. The molecule has 1 aliphatic heterocycles. The predicted octanol–water partition coefficient (Wildman–Crippen LogP) is 2.40. The number of hydrogen-bond donors (Lipinski definition) is 2.